The van der Waals surface area contributed by atoms with Crippen LogP contribution in [0.25, 0.3) is 0 Å². The zero-order valence-corrected chi connectivity index (χ0v) is 50.8. The zero-order valence-electron chi connectivity index (χ0n) is 50.8. The first-order valence-corrected chi connectivity index (χ1v) is 33.8. The van der Waals surface area contributed by atoms with Gasteiger partial charge in [-0.3, -0.25) is 14.4 Å². The van der Waals surface area contributed by atoms with E-state index in [1.165, 1.54) is 263 Å². The third-order valence-electron chi connectivity index (χ3n) is 15.4. The summed E-state index contributed by atoms with van der Waals surface area (Å²) in [7, 11) is 0. The van der Waals surface area contributed by atoms with E-state index in [-0.39, 0.29) is 31.1 Å². The number of unbranched alkanes of at least 4 members (excludes halogenated alkanes) is 48. The molecular formula is C69H130O6. The lowest BCUT2D eigenvalue weighted by molar-refractivity contribution is -0.167. The number of allylic oxidation sites excluding steroid dienone is 4. The molecule has 1 atom stereocenters. The van der Waals surface area contributed by atoms with E-state index in [9.17, 15) is 14.4 Å². The Morgan fingerprint density at radius 3 is 0.720 bits per heavy atom. The fraction of sp³-hybridized carbons (Fsp3) is 0.899. The Labute approximate surface area is 468 Å². The monoisotopic (exact) mass is 1050 g/mol. The lowest BCUT2D eigenvalue weighted by atomic mass is 10.0. The first-order valence-electron chi connectivity index (χ1n) is 33.8. The normalized spacial score (nSPS) is 12.1. The van der Waals surface area contributed by atoms with Gasteiger partial charge in [0, 0.05) is 19.3 Å². The van der Waals surface area contributed by atoms with Crippen LogP contribution in [0.1, 0.15) is 380 Å². The van der Waals surface area contributed by atoms with Crippen molar-refractivity contribution in [3.63, 3.8) is 0 Å². The summed E-state index contributed by atoms with van der Waals surface area (Å²) >= 11 is 0. The van der Waals surface area contributed by atoms with E-state index in [0.29, 0.717) is 19.3 Å². The second-order valence-electron chi connectivity index (χ2n) is 23.1. The van der Waals surface area contributed by atoms with Gasteiger partial charge in [0.15, 0.2) is 6.10 Å². The summed E-state index contributed by atoms with van der Waals surface area (Å²) in [6.07, 6.45) is 78.0. The molecule has 0 aliphatic rings. The first-order chi connectivity index (χ1) is 37.0. The molecule has 6 nitrogen and oxygen atoms in total. The number of hydrogen-bond donors (Lipinski definition) is 0. The van der Waals surface area contributed by atoms with Gasteiger partial charge < -0.3 is 14.2 Å². The molecular weight excluding hydrogens is 925 g/mol. The van der Waals surface area contributed by atoms with E-state index >= 15 is 0 Å². The molecule has 0 saturated carbocycles. The average molecular weight is 1060 g/mol. The predicted octanol–water partition coefficient (Wildman–Crippen LogP) is 23.0. The predicted molar refractivity (Wildman–Crippen MR) is 326 cm³/mol. The second kappa shape index (κ2) is 64.4. The first kappa shape index (κ1) is 72.9. The van der Waals surface area contributed by atoms with E-state index in [1.807, 2.05) is 0 Å². The molecule has 6 heteroatoms. The largest absolute Gasteiger partial charge is 0.462 e. The fourth-order valence-corrected chi connectivity index (χ4v) is 10.3. The van der Waals surface area contributed by atoms with Crippen molar-refractivity contribution in [1.29, 1.82) is 0 Å². The molecule has 0 amide bonds. The Kier molecular flexibility index (Phi) is 62.6. The van der Waals surface area contributed by atoms with Crippen molar-refractivity contribution in [1.82, 2.24) is 0 Å². The molecule has 0 saturated heterocycles. The molecule has 0 bridgehead atoms. The van der Waals surface area contributed by atoms with Crippen LogP contribution in [0.4, 0.5) is 0 Å². The quantitative estimate of drug-likeness (QED) is 0.0261. The van der Waals surface area contributed by atoms with Crippen LogP contribution in [0.3, 0.4) is 0 Å². The molecule has 0 aliphatic heterocycles. The highest BCUT2D eigenvalue weighted by Crippen LogP contribution is 2.18. The van der Waals surface area contributed by atoms with Crippen molar-refractivity contribution < 1.29 is 28.6 Å². The highest BCUT2D eigenvalue weighted by atomic mass is 16.6. The summed E-state index contributed by atoms with van der Waals surface area (Å²) < 4.78 is 16.9. The van der Waals surface area contributed by atoms with Gasteiger partial charge >= 0.3 is 17.9 Å². The van der Waals surface area contributed by atoms with Gasteiger partial charge in [-0.05, 0) is 64.2 Å². The SMILES string of the molecule is CCC/C=C\CCCCCCCC(=O)OCC(COC(=O)CCCCCCCCCCCCCCCCCCCCCCCCCCCCCCCCC)OC(=O)CCCCCCC/C=C\CCCCCCCCC. The van der Waals surface area contributed by atoms with E-state index in [2.05, 4.69) is 45.1 Å². The summed E-state index contributed by atoms with van der Waals surface area (Å²) in [5.74, 6) is -0.869. The highest BCUT2D eigenvalue weighted by molar-refractivity contribution is 5.71. The lowest BCUT2D eigenvalue weighted by Gasteiger charge is -2.18. The number of carbonyl (C=O) groups is 3. The van der Waals surface area contributed by atoms with Crippen molar-refractivity contribution in [3.05, 3.63) is 24.3 Å². The van der Waals surface area contributed by atoms with Crippen LogP contribution in [0, 0.1) is 0 Å². The number of hydrogen-bond acceptors (Lipinski definition) is 6. The van der Waals surface area contributed by atoms with Crippen LogP contribution in [0.5, 0.6) is 0 Å². The molecule has 75 heavy (non-hydrogen) atoms. The molecule has 0 aromatic rings. The Hall–Kier alpha value is -2.11. The van der Waals surface area contributed by atoms with Gasteiger partial charge in [-0.2, -0.15) is 0 Å². The average Bonchev–Trinajstić information content (AvgIpc) is 3.41. The minimum Gasteiger partial charge on any atom is -0.462 e. The summed E-state index contributed by atoms with van der Waals surface area (Å²) in [5.41, 5.74) is 0. The maximum absolute atomic E-state index is 12.9. The maximum Gasteiger partial charge on any atom is 0.306 e. The van der Waals surface area contributed by atoms with Crippen LogP contribution < -0.4 is 0 Å². The summed E-state index contributed by atoms with van der Waals surface area (Å²) in [4.78, 5) is 38.2. The van der Waals surface area contributed by atoms with E-state index in [0.717, 1.165) is 77.0 Å². The molecule has 442 valence electrons. The fourth-order valence-electron chi connectivity index (χ4n) is 10.3. The lowest BCUT2D eigenvalue weighted by Crippen LogP contribution is -2.30. The molecule has 0 heterocycles. The van der Waals surface area contributed by atoms with Crippen LogP contribution in [0.15, 0.2) is 24.3 Å². The van der Waals surface area contributed by atoms with Gasteiger partial charge in [0.2, 0.25) is 0 Å². The number of ether oxygens (including phenoxy) is 3. The molecule has 0 aromatic carbocycles. The van der Waals surface area contributed by atoms with Crippen LogP contribution in [0.2, 0.25) is 0 Å². The molecule has 0 spiro atoms. The van der Waals surface area contributed by atoms with Crippen molar-refractivity contribution in [2.24, 2.45) is 0 Å². The Bertz CT molecular complexity index is 1210. The van der Waals surface area contributed by atoms with Crippen molar-refractivity contribution in [3.8, 4) is 0 Å². The molecule has 0 radical (unpaired) electrons. The van der Waals surface area contributed by atoms with Crippen molar-refractivity contribution in [2.45, 2.75) is 386 Å². The third kappa shape index (κ3) is 62.6. The van der Waals surface area contributed by atoms with Gasteiger partial charge in [-0.15, -0.1) is 0 Å². The zero-order chi connectivity index (χ0) is 54.3. The van der Waals surface area contributed by atoms with Crippen LogP contribution in [-0.2, 0) is 28.6 Å². The van der Waals surface area contributed by atoms with Crippen LogP contribution in [-0.4, -0.2) is 37.2 Å². The second-order valence-corrected chi connectivity index (χ2v) is 23.1. The van der Waals surface area contributed by atoms with Gasteiger partial charge in [-0.1, -0.05) is 321 Å². The van der Waals surface area contributed by atoms with E-state index in [4.69, 9.17) is 14.2 Å². The van der Waals surface area contributed by atoms with Gasteiger partial charge in [0.25, 0.3) is 0 Å². The van der Waals surface area contributed by atoms with Gasteiger partial charge in [-0.25, -0.2) is 0 Å². The number of rotatable bonds is 63. The van der Waals surface area contributed by atoms with E-state index < -0.39 is 6.10 Å². The molecule has 0 aromatic heterocycles. The molecule has 0 aliphatic carbocycles. The van der Waals surface area contributed by atoms with Crippen LogP contribution >= 0.6 is 0 Å². The minimum atomic E-state index is -0.776. The summed E-state index contributed by atoms with van der Waals surface area (Å²) in [6, 6.07) is 0. The molecule has 0 N–H and O–H groups in total. The topological polar surface area (TPSA) is 78.9 Å². The van der Waals surface area contributed by atoms with Gasteiger partial charge in [0.1, 0.15) is 13.2 Å². The Morgan fingerprint density at radius 2 is 0.467 bits per heavy atom. The minimum absolute atomic E-state index is 0.0728. The molecule has 0 fully saturated rings. The standard InChI is InChI=1S/C69H130O6/c1-4-7-10-13-16-19-22-24-26-28-29-30-31-32-33-34-35-36-37-38-39-40-41-42-44-45-47-50-53-56-59-62-68(71)74-65-66(64-73-67(70)61-58-55-52-49-21-18-15-12-9-6-3)75-69(72)63-60-57-54-51-48-46-43-27-25-23-20-17-14-11-8-5-2/h12,15,27,43,66H,4-11,13-14,16-26,28-42,44-65H2,1-3H3/b15-12-,43-27-. The van der Waals surface area contributed by atoms with E-state index in [1.54, 1.807) is 0 Å². The van der Waals surface area contributed by atoms with Gasteiger partial charge in [0.05, 0.1) is 0 Å². The smallest absolute Gasteiger partial charge is 0.306 e. The highest BCUT2D eigenvalue weighted by Gasteiger charge is 2.19. The molecule has 1 unspecified atom stereocenters. The maximum atomic E-state index is 12.9. The van der Waals surface area contributed by atoms with Crippen molar-refractivity contribution >= 4 is 17.9 Å². The van der Waals surface area contributed by atoms with Crippen molar-refractivity contribution in [2.75, 3.05) is 13.2 Å². The summed E-state index contributed by atoms with van der Waals surface area (Å²) in [6.45, 7) is 6.62. The molecule has 0 rings (SSSR count). The Balaban J connectivity index is 4.05. The third-order valence-corrected chi connectivity index (χ3v) is 15.4. The summed E-state index contributed by atoms with van der Waals surface area (Å²) in [5, 5.41) is 0. The Morgan fingerprint density at radius 1 is 0.253 bits per heavy atom. The number of esters is 3. The number of carbonyl (C=O) groups excluding carboxylic acids is 3.